The zero-order chi connectivity index (χ0) is 26.2. The zero-order valence-corrected chi connectivity index (χ0v) is 21.7. The quantitative estimate of drug-likeness (QED) is 0.288. The van der Waals surface area contributed by atoms with Gasteiger partial charge in [0, 0.05) is 18.7 Å². The van der Waals surface area contributed by atoms with Gasteiger partial charge in [0.25, 0.3) is 5.91 Å². The molecule has 1 aromatic heterocycles. The Morgan fingerprint density at radius 1 is 0.757 bits per heavy atom. The minimum atomic E-state index is -0.336. The van der Waals surface area contributed by atoms with Gasteiger partial charge in [0.1, 0.15) is 0 Å². The van der Waals surface area contributed by atoms with Crippen LogP contribution in [0.1, 0.15) is 46.5 Å². The highest BCUT2D eigenvalue weighted by molar-refractivity contribution is 5.97. The fourth-order valence-corrected chi connectivity index (χ4v) is 3.88. The van der Waals surface area contributed by atoms with Crippen LogP contribution < -0.4 is 20.1 Å². The van der Waals surface area contributed by atoms with Crippen LogP contribution >= 0.6 is 0 Å². The van der Waals surface area contributed by atoms with Crippen molar-refractivity contribution in [1.29, 1.82) is 0 Å². The Bertz CT molecular complexity index is 1330. The first kappa shape index (κ1) is 25.8. The normalized spacial score (nSPS) is 10.7. The topological polar surface area (TPSA) is 90.3 Å². The molecule has 2 N–H and O–H groups in total. The lowest BCUT2D eigenvalue weighted by molar-refractivity contribution is 0.0947. The number of carbonyl (C=O) groups is 1. The number of ether oxygens (including phenoxy) is 2. The van der Waals surface area contributed by atoms with E-state index in [1.54, 1.807) is 25.3 Å². The molecule has 3 aromatic carbocycles. The van der Waals surface area contributed by atoms with E-state index in [0.717, 1.165) is 24.0 Å². The molecule has 0 saturated carbocycles. The fraction of sp³-hybridized carbons (Fsp3) is 0.276. The standard InChI is InChI=1S/C29H33N5O3/c1-5-20-7-11-22(12-8-20)18-30-28-32-29(31-19-23-13-9-21(6-2)10-14-23)34(33-28)27(35)24-15-16-25(36-3)26(17-24)37-4/h7-17H,5-6,18-19H2,1-4H3,(H2,30,31,32,33). The summed E-state index contributed by atoms with van der Waals surface area (Å²) in [5.74, 6) is 1.38. The SMILES string of the molecule is CCc1ccc(CNc2nc(NCc3ccc(CC)cc3)n(C(=O)c3ccc(OC)c(OC)c3)n2)cc1. The molecule has 0 fully saturated rings. The first-order chi connectivity index (χ1) is 18.0. The number of aryl methyl sites for hydroxylation is 2. The van der Waals surface area contributed by atoms with Crippen LogP contribution in [0.25, 0.3) is 0 Å². The van der Waals surface area contributed by atoms with Crippen molar-refractivity contribution in [2.45, 2.75) is 39.8 Å². The number of aromatic nitrogens is 3. The van der Waals surface area contributed by atoms with Crippen molar-refractivity contribution in [3.05, 3.63) is 94.5 Å². The summed E-state index contributed by atoms with van der Waals surface area (Å²) in [6, 6.07) is 21.8. The Morgan fingerprint density at radius 3 is 1.84 bits per heavy atom. The number of benzene rings is 3. The summed E-state index contributed by atoms with van der Waals surface area (Å²) in [5, 5.41) is 11.0. The average molecular weight is 500 g/mol. The number of anilines is 2. The van der Waals surface area contributed by atoms with Crippen molar-refractivity contribution >= 4 is 17.8 Å². The molecule has 0 unspecified atom stereocenters. The number of nitrogens with zero attached hydrogens (tertiary/aromatic N) is 3. The molecule has 4 aromatic rings. The highest BCUT2D eigenvalue weighted by Crippen LogP contribution is 2.28. The molecule has 192 valence electrons. The van der Waals surface area contributed by atoms with E-state index in [2.05, 4.69) is 83.1 Å². The minimum Gasteiger partial charge on any atom is -0.493 e. The van der Waals surface area contributed by atoms with Gasteiger partial charge in [0.15, 0.2) is 11.5 Å². The van der Waals surface area contributed by atoms with Gasteiger partial charge in [-0.2, -0.15) is 9.67 Å². The van der Waals surface area contributed by atoms with Crippen LogP contribution in [-0.2, 0) is 25.9 Å². The monoisotopic (exact) mass is 499 g/mol. The molecule has 1 heterocycles. The predicted octanol–water partition coefficient (Wildman–Crippen LogP) is 5.33. The van der Waals surface area contributed by atoms with E-state index in [1.165, 1.54) is 22.9 Å². The van der Waals surface area contributed by atoms with E-state index in [1.807, 2.05) is 0 Å². The van der Waals surface area contributed by atoms with Crippen molar-refractivity contribution in [2.75, 3.05) is 24.9 Å². The Hall–Kier alpha value is -4.33. The van der Waals surface area contributed by atoms with Crippen molar-refractivity contribution < 1.29 is 14.3 Å². The van der Waals surface area contributed by atoms with Gasteiger partial charge in [-0.15, -0.1) is 5.10 Å². The highest BCUT2D eigenvalue weighted by atomic mass is 16.5. The lowest BCUT2D eigenvalue weighted by Crippen LogP contribution is -2.18. The Morgan fingerprint density at radius 2 is 1.30 bits per heavy atom. The predicted molar refractivity (Wildman–Crippen MR) is 146 cm³/mol. The molecule has 37 heavy (non-hydrogen) atoms. The van der Waals surface area contributed by atoms with Gasteiger partial charge in [-0.05, 0) is 53.3 Å². The molecular weight excluding hydrogens is 466 g/mol. The molecule has 0 aliphatic heterocycles. The third kappa shape index (κ3) is 6.27. The molecule has 4 rings (SSSR count). The zero-order valence-electron chi connectivity index (χ0n) is 21.7. The van der Waals surface area contributed by atoms with E-state index in [-0.39, 0.29) is 5.91 Å². The van der Waals surface area contributed by atoms with Gasteiger partial charge < -0.3 is 20.1 Å². The fourth-order valence-electron chi connectivity index (χ4n) is 3.88. The summed E-state index contributed by atoms with van der Waals surface area (Å²) in [5.41, 5.74) is 5.14. The number of methoxy groups -OCH3 is 2. The summed E-state index contributed by atoms with van der Waals surface area (Å²) >= 11 is 0. The minimum absolute atomic E-state index is 0.336. The van der Waals surface area contributed by atoms with E-state index in [0.29, 0.717) is 42.0 Å². The number of hydrogen-bond donors (Lipinski definition) is 2. The van der Waals surface area contributed by atoms with Crippen LogP contribution in [0, 0.1) is 0 Å². The molecular formula is C29H33N5O3. The molecule has 0 aliphatic rings. The number of hydrogen-bond acceptors (Lipinski definition) is 7. The molecule has 0 amide bonds. The molecule has 8 heteroatoms. The second-order valence-electron chi connectivity index (χ2n) is 8.59. The smallest absolute Gasteiger partial charge is 0.281 e. The Labute approximate surface area is 217 Å². The second kappa shape index (κ2) is 12.1. The van der Waals surface area contributed by atoms with Gasteiger partial charge in [-0.25, -0.2) is 0 Å². The lowest BCUT2D eigenvalue weighted by atomic mass is 10.1. The molecule has 0 saturated heterocycles. The summed E-state index contributed by atoms with van der Waals surface area (Å²) in [4.78, 5) is 18.1. The van der Waals surface area contributed by atoms with Gasteiger partial charge in [-0.3, -0.25) is 4.79 Å². The van der Waals surface area contributed by atoms with Crippen LogP contribution in [0.5, 0.6) is 11.5 Å². The first-order valence-electron chi connectivity index (χ1n) is 12.4. The van der Waals surface area contributed by atoms with Gasteiger partial charge in [0.2, 0.25) is 11.9 Å². The summed E-state index contributed by atoms with van der Waals surface area (Å²) in [7, 11) is 3.09. The molecule has 0 atom stereocenters. The van der Waals surface area contributed by atoms with Crippen molar-refractivity contribution in [3.8, 4) is 11.5 Å². The Kier molecular flexibility index (Phi) is 8.40. The molecule has 0 radical (unpaired) electrons. The van der Waals surface area contributed by atoms with Gasteiger partial charge in [-0.1, -0.05) is 62.4 Å². The maximum Gasteiger partial charge on any atom is 0.281 e. The third-order valence-electron chi connectivity index (χ3n) is 6.19. The lowest BCUT2D eigenvalue weighted by Gasteiger charge is -2.10. The summed E-state index contributed by atoms with van der Waals surface area (Å²) in [6.07, 6.45) is 1.98. The number of rotatable bonds is 11. The van der Waals surface area contributed by atoms with E-state index < -0.39 is 0 Å². The van der Waals surface area contributed by atoms with Crippen LogP contribution in [0.2, 0.25) is 0 Å². The molecule has 8 nitrogen and oxygen atoms in total. The third-order valence-corrected chi connectivity index (χ3v) is 6.19. The van der Waals surface area contributed by atoms with Crippen LogP contribution in [0.3, 0.4) is 0 Å². The maximum absolute atomic E-state index is 13.5. The maximum atomic E-state index is 13.5. The number of nitrogens with one attached hydrogen (secondary N) is 2. The van der Waals surface area contributed by atoms with E-state index in [4.69, 9.17) is 9.47 Å². The molecule has 0 spiro atoms. The average Bonchev–Trinajstić information content (AvgIpc) is 3.37. The largest absolute Gasteiger partial charge is 0.493 e. The van der Waals surface area contributed by atoms with Crippen LogP contribution in [-0.4, -0.2) is 34.9 Å². The van der Waals surface area contributed by atoms with Gasteiger partial charge >= 0.3 is 0 Å². The highest BCUT2D eigenvalue weighted by Gasteiger charge is 2.20. The molecule has 0 aliphatic carbocycles. The van der Waals surface area contributed by atoms with Gasteiger partial charge in [0.05, 0.1) is 14.2 Å². The molecule has 0 bridgehead atoms. The van der Waals surface area contributed by atoms with Crippen molar-refractivity contribution in [1.82, 2.24) is 14.8 Å². The van der Waals surface area contributed by atoms with Crippen LogP contribution in [0.4, 0.5) is 11.9 Å². The second-order valence-corrected chi connectivity index (χ2v) is 8.59. The number of carbonyl (C=O) groups excluding carboxylic acids is 1. The van der Waals surface area contributed by atoms with E-state index >= 15 is 0 Å². The van der Waals surface area contributed by atoms with Crippen LogP contribution in [0.15, 0.2) is 66.7 Å². The Balaban J connectivity index is 1.58. The first-order valence-corrected chi connectivity index (χ1v) is 12.4. The summed E-state index contributed by atoms with van der Waals surface area (Å²) in [6.45, 7) is 5.30. The van der Waals surface area contributed by atoms with E-state index in [9.17, 15) is 4.79 Å². The van der Waals surface area contributed by atoms with Crippen molar-refractivity contribution in [3.63, 3.8) is 0 Å². The summed E-state index contributed by atoms with van der Waals surface area (Å²) < 4.78 is 12.0. The van der Waals surface area contributed by atoms with Crippen molar-refractivity contribution in [2.24, 2.45) is 0 Å².